The molecule has 0 spiro atoms. The Morgan fingerprint density at radius 3 is 2.00 bits per heavy atom. The van der Waals surface area contributed by atoms with Gasteiger partial charge in [-0.15, -0.1) is 0 Å². The third-order valence-electron chi connectivity index (χ3n) is 2.25. The lowest BCUT2D eigenvalue weighted by molar-refractivity contribution is -0.597. The Balaban J connectivity index is 0.00000180. The zero-order valence-electron chi connectivity index (χ0n) is 10.1. The van der Waals surface area contributed by atoms with Crippen molar-refractivity contribution in [1.29, 1.82) is 0 Å². The number of hydrogen-bond acceptors (Lipinski definition) is 2. The van der Waals surface area contributed by atoms with E-state index >= 15 is 0 Å². The van der Waals surface area contributed by atoms with E-state index in [1.807, 2.05) is 36.4 Å². The first-order valence-electron chi connectivity index (χ1n) is 5.26. The Morgan fingerprint density at radius 1 is 1.00 bits per heavy atom. The van der Waals surface area contributed by atoms with Gasteiger partial charge in [-0.1, -0.05) is 5.11 Å². The molecule has 2 aromatic carbocycles. The average Bonchev–Trinajstić information content (AvgIpc) is 2.42. The average molecular weight is 388 g/mol. The smallest absolute Gasteiger partial charge is 0.357 e. The highest BCUT2D eigenvalue weighted by molar-refractivity contribution is 5.35. The van der Waals surface area contributed by atoms with Gasteiger partial charge in [0.25, 0.3) is 0 Å². The molecule has 0 aliphatic carbocycles. The number of azide groups is 1. The van der Waals surface area contributed by atoms with Crippen LogP contribution in [0.5, 0.6) is 5.75 Å². The van der Waals surface area contributed by atoms with Gasteiger partial charge in [-0.3, -0.25) is 0 Å². The van der Waals surface area contributed by atoms with Gasteiger partial charge in [0, 0.05) is 10.6 Å². The summed E-state index contributed by atoms with van der Waals surface area (Å²) in [6, 6.07) is 15.9. The molecule has 0 saturated carbocycles. The van der Waals surface area contributed by atoms with Crippen LogP contribution in [0.1, 0.15) is 0 Å². The second kappa shape index (κ2) is 7.89. The molecule has 0 fully saturated rings. The fourth-order valence-electron chi connectivity index (χ4n) is 1.38. The van der Waals surface area contributed by atoms with Crippen LogP contribution in [0.15, 0.2) is 53.6 Å². The van der Waals surface area contributed by atoms with E-state index in [9.17, 15) is 0 Å². The second-order valence-electron chi connectivity index (χ2n) is 3.42. The van der Waals surface area contributed by atoms with Crippen molar-refractivity contribution in [2.45, 2.75) is 0 Å². The fraction of sp³-hybridized carbons (Fsp3) is 0.0769. The molecule has 0 N–H and O–H groups in total. The van der Waals surface area contributed by atoms with Gasteiger partial charge in [0.2, 0.25) is 0 Å². The van der Waals surface area contributed by atoms with Gasteiger partial charge in [-0.05, 0) is 54.1 Å². The van der Waals surface area contributed by atoms with Crippen molar-refractivity contribution < 1.29 is 38.3 Å². The minimum Gasteiger partial charge on any atom is -1.00 e. The zero-order valence-corrected chi connectivity index (χ0v) is 13.0. The van der Waals surface area contributed by atoms with Crippen LogP contribution in [0.2, 0.25) is 0 Å². The van der Waals surface area contributed by atoms with E-state index in [4.69, 9.17) is 10.3 Å². The van der Waals surface area contributed by atoms with E-state index in [0.717, 1.165) is 5.75 Å². The van der Waals surface area contributed by atoms with E-state index in [2.05, 4.69) is 22.2 Å². The van der Waals surface area contributed by atoms with Crippen molar-refractivity contribution in [3.05, 3.63) is 66.1 Å². The molecule has 19 heavy (non-hydrogen) atoms. The molecular weight excluding hydrogens is 377 g/mol. The molecule has 0 aromatic heterocycles. The number of rotatable bonds is 4. The second-order valence-corrected chi connectivity index (χ2v) is 6.45. The molecule has 0 aliphatic rings. The predicted octanol–water partition coefficient (Wildman–Crippen LogP) is -2.23. The summed E-state index contributed by atoms with van der Waals surface area (Å²) in [6.07, 6.45) is 0. The third-order valence-corrected chi connectivity index (χ3v) is 4.94. The highest BCUT2D eigenvalue weighted by atomic mass is 127. The number of halogens is 2. The van der Waals surface area contributed by atoms with Gasteiger partial charge in [-0.2, -0.15) is 0 Å². The van der Waals surface area contributed by atoms with Crippen molar-refractivity contribution in [2.75, 3.05) is 7.11 Å². The molecular formula is C13H11ClIN3O. The Kier molecular flexibility index (Phi) is 6.49. The van der Waals surface area contributed by atoms with E-state index < -0.39 is 0 Å². The van der Waals surface area contributed by atoms with Gasteiger partial charge >= 0.3 is 21.2 Å². The van der Waals surface area contributed by atoms with Gasteiger partial charge < -0.3 is 17.1 Å². The Morgan fingerprint density at radius 2 is 1.53 bits per heavy atom. The topological polar surface area (TPSA) is 58.0 Å². The SMILES string of the molecule is COc1ccc([I+]c2ccc(N=[N+]=[N-])cc2)cc1.[Cl-]. The van der Waals surface area contributed by atoms with E-state index in [0.29, 0.717) is 5.69 Å². The summed E-state index contributed by atoms with van der Waals surface area (Å²) >= 11 is -0.202. The van der Waals surface area contributed by atoms with Gasteiger partial charge in [0.15, 0.2) is 7.14 Å². The molecule has 2 aromatic rings. The highest BCUT2D eigenvalue weighted by Crippen LogP contribution is 2.09. The highest BCUT2D eigenvalue weighted by Gasteiger charge is 2.14. The quantitative estimate of drug-likeness (QED) is 0.254. The number of methoxy groups -OCH3 is 1. The number of ether oxygens (including phenoxy) is 1. The lowest BCUT2D eigenvalue weighted by atomic mass is 10.3. The Bertz CT molecular complexity index is 565. The largest absolute Gasteiger partial charge is 1.00 e. The van der Waals surface area contributed by atoms with E-state index in [1.54, 1.807) is 7.11 Å². The molecule has 0 radical (unpaired) electrons. The maximum absolute atomic E-state index is 8.33. The minimum absolute atomic E-state index is 0. The molecule has 0 amide bonds. The maximum Gasteiger partial charge on any atom is 0.357 e. The summed E-state index contributed by atoms with van der Waals surface area (Å²) in [4.78, 5) is 2.76. The van der Waals surface area contributed by atoms with E-state index in [-0.39, 0.29) is 33.6 Å². The standard InChI is InChI=1S/C13H11IN3O.ClH/c1-18-13-8-4-11(5-9-13)14-10-2-6-12(7-3-10)16-17-15;/h2-9H,1H3;1H/q+1;/p-1. The van der Waals surface area contributed by atoms with Crippen molar-refractivity contribution in [3.63, 3.8) is 0 Å². The number of nitrogens with zero attached hydrogens (tertiary/aromatic N) is 3. The lowest BCUT2D eigenvalue weighted by Gasteiger charge is -1.95. The maximum atomic E-state index is 8.33. The van der Waals surface area contributed by atoms with Crippen LogP contribution in [0.4, 0.5) is 5.69 Å². The van der Waals surface area contributed by atoms with Gasteiger partial charge in [0.05, 0.1) is 7.11 Å². The lowest BCUT2D eigenvalue weighted by Crippen LogP contribution is -3.61. The summed E-state index contributed by atoms with van der Waals surface area (Å²) in [5.41, 5.74) is 8.98. The Hall–Kier alpha value is -1.43. The molecule has 6 heteroatoms. The molecule has 0 aliphatic heterocycles. The fourth-order valence-corrected chi connectivity index (χ4v) is 3.54. The third kappa shape index (κ3) is 4.63. The number of benzene rings is 2. The summed E-state index contributed by atoms with van der Waals surface area (Å²) in [7, 11) is 1.67. The molecule has 0 saturated heterocycles. The van der Waals surface area contributed by atoms with Crippen LogP contribution in [0.3, 0.4) is 0 Å². The summed E-state index contributed by atoms with van der Waals surface area (Å²) in [5.74, 6) is 0.876. The first-order chi connectivity index (χ1) is 8.81. The summed E-state index contributed by atoms with van der Waals surface area (Å²) < 4.78 is 7.74. The molecule has 4 nitrogen and oxygen atoms in total. The summed E-state index contributed by atoms with van der Waals surface area (Å²) in [6.45, 7) is 0. The minimum atomic E-state index is -0.202. The van der Waals surface area contributed by atoms with Gasteiger partial charge in [0.1, 0.15) is 5.75 Å². The van der Waals surface area contributed by atoms with Gasteiger partial charge in [-0.25, -0.2) is 0 Å². The van der Waals surface area contributed by atoms with Crippen molar-refractivity contribution >= 4 is 5.69 Å². The first kappa shape index (κ1) is 15.6. The van der Waals surface area contributed by atoms with Crippen LogP contribution in [-0.4, -0.2) is 7.11 Å². The normalized spacial score (nSPS) is 9.11. The van der Waals surface area contributed by atoms with Crippen molar-refractivity contribution in [3.8, 4) is 5.75 Å². The molecule has 0 unspecified atom stereocenters. The Labute approximate surface area is 128 Å². The summed E-state index contributed by atoms with van der Waals surface area (Å²) in [5, 5.41) is 3.55. The van der Waals surface area contributed by atoms with Crippen molar-refractivity contribution in [2.24, 2.45) is 5.11 Å². The zero-order chi connectivity index (χ0) is 12.8. The van der Waals surface area contributed by atoms with Crippen LogP contribution < -0.4 is 38.3 Å². The van der Waals surface area contributed by atoms with Crippen LogP contribution in [0.25, 0.3) is 10.4 Å². The molecule has 0 heterocycles. The number of hydrogen-bond donors (Lipinski definition) is 0. The van der Waals surface area contributed by atoms with Crippen molar-refractivity contribution in [1.82, 2.24) is 0 Å². The molecule has 98 valence electrons. The van der Waals surface area contributed by atoms with E-state index in [1.165, 1.54) is 7.14 Å². The predicted molar refractivity (Wildman–Crippen MR) is 65.6 cm³/mol. The first-order valence-corrected chi connectivity index (χ1v) is 7.41. The van der Waals surface area contributed by atoms with Crippen LogP contribution in [-0.2, 0) is 0 Å². The molecule has 0 atom stereocenters. The molecule has 0 bridgehead atoms. The van der Waals surface area contributed by atoms with Crippen LogP contribution in [0, 0.1) is 7.14 Å². The molecule has 2 rings (SSSR count). The monoisotopic (exact) mass is 387 g/mol. The van der Waals surface area contributed by atoms with Crippen LogP contribution >= 0.6 is 0 Å².